The Balaban J connectivity index is 1.92. The molecule has 0 radical (unpaired) electrons. The number of rotatable bonds is 4. The highest BCUT2D eigenvalue weighted by Crippen LogP contribution is 2.44. The summed E-state index contributed by atoms with van der Waals surface area (Å²) in [6.07, 6.45) is -3.00. The molecule has 0 aliphatic carbocycles. The molecular weight excluding hydrogens is 288 g/mol. The molecule has 2 aliphatic rings. The quantitative estimate of drug-likeness (QED) is 0.906. The first-order valence-corrected chi connectivity index (χ1v) is 7.52. The number of fused-ring (bicyclic) bond motifs is 1. The Morgan fingerprint density at radius 3 is 2.50 bits per heavy atom. The van der Waals surface area contributed by atoms with Gasteiger partial charge >= 0.3 is 5.97 Å². The summed E-state index contributed by atoms with van der Waals surface area (Å²) in [7, 11) is 1.49. The van der Waals surface area contributed by atoms with Gasteiger partial charge in [0.1, 0.15) is 18.3 Å². The minimum absolute atomic E-state index is 0.288. The Morgan fingerprint density at radius 1 is 1.18 bits per heavy atom. The summed E-state index contributed by atoms with van der Waals surface area (Å²) in [5, 5.41) is 10.4. The topological polar surface area (TPSA) is 66.4 Å². The van der Waals surface area contributed by atoms with Gasteiger partial charge in [0.15, 0.2) is 6.29 Å². The van der Waals surface area contributed by atoms with Crippen LogP contribution in [0.25, 0.3) is 0 Å². The smallest absolute Gasteiger partial charge is 0.312 e. The summed E-state index contributed by atoms with van der Waals surface area (Å²) in [5.74, 6) is -1.33. The van der Waals surface area contributed by atoms with Crippen LogP contribution in [0.2, 0.25) is 0 Å². The molecule has 6 atom stereocenters. The van der Waals surface area contributed by atoms with Gasteiger partial charge in [-0.2, -0.15) is 0 Å². The summed E-state index contributed by atoms with van der Waals surface area (Å²) in [5.41, 5.74) is 0.750. The van der Waals surface area contributed by atoms with Gasteiger partial charge in [0, 0.05) is 19.3 Å². The molecule has 0 amide bonds. The summed E-state index contributed by atoms with van der Waals surface area (Å²) in [6.45, 7) is 4.15. The number of aliphatic hydroxyl groups is 1. The molecule has 0 bridgehead atoms. The maximum Gasteiger partial charge on any atom is 0.312 e. The van der Waals surface area contributed by atoms with E-state index in [0.29, 0.717) is 6.61 Å². The highest BCUT2D eigenvalue weighted by Gasteiger charge is 2.58. The molecule has 1 N–H and O–H groups in total. The molecule has 0 aromatic heterocycles. The molecule has 122 valence electrons. The molecule has 2 fully saturated rings. The van der Waals surface area contributed by atoms with Crippen molar-refractivity contribution in [1.29, 1.82) is 0 Å². The number of hydrogen-bond donors (Lipinski definition) is 1. The van der Waals surface area contributed by atoms with E-state index in [1.54, 1.807) is 0 Å². The molecule has 6 nitrogen and oxygen atoms in total. The molecular formula is C16H22O6. The summed E-state index contributed by atoms with van der Waals surface area (Å²) < 4.78 is 28.7. The Bertz CT molecular complexity index is 495. The average molecular weight is 310 g/mol. The molecule has 6 heteroatoms. The predicted molar refractivity (Wildman–Crippen MR) is 76.8 cm³/mol. The predicted octanol–water partition coefficient (Wildman–Crippen LogP) is 1.37. The van der Waals surface area contributed by atoms with Crippen molar-refractivity contribution >= 4 is 0 Å². The second kappa shape index (κ2) is 6.23. The highest BCUT2D eigenvalue weighted by atomic mass is 16.9. The van der Waals surface area contributed by atoms with E-state index in [1.807, 2.05) is 44.2 Å². The number of hydrogen-bond acceptors (Lipinski definition) is 6. The first-order valence-electron chi connectivity index (χ1n) is 7.52. The largest absolute Gasteiger partial charge is 0.385 e. The van der Waals surface area contributed by atoms with Gasteiger partial charge in [0.25, 0.3) is 0 Å². The van der Waals surface area contributed by atoms with Gasteiger partial charge in [-0.1, -0.05) is 30.3 Å². The number of ether oxygens (including phenoxy) is 5. The number of aliphatic hydroxyl groups excluding tert-OH is 1. The zero-order valence-electron chi connectivity index (χ0n) is 13.0. The van der Waals surface area contributed by atoms with E-state index in [-0.39, 0.29) is 6.10 Å². The fourth-order valence-electron chi connectivity index (χ4n) is 2.99. The van der Waals surface area contributed by atoms with Gasteiger partial charge in [0.2, 0.25) is 0 Å². The van der Waals surface area contributed by atoms with E-state index in [1.165, 1.54) is 7.11 Å². The van der Waals surface area contributed by atoms with Crippen molar-refractivity contribution in [3.8, 4) is 0 Å². The van der Waals surface area contributed by atoms with Crippen LogP contribution in [0.1, 0.15) is 19.4 Å². The van der Waals surface area contributed by atoms with Crippen molar-refractivity contribution in [1.82, 2.24) is 0 Å². The molecule has 22 heavy (non-hydrogen) atoms. The summed E-state index contributed by atoms with van der Waals surface area (Å²) >= 11 is 0. The molecule has 0 spiro atoms. The second-order valence-electron chi connectivity index (χ2n) is 5.46. The van der Waals surface area contributed by atoms with E-state index in [0.717, 1.165) is 5.56 Å². The van der Waals surface area contributed by atoms with Crippen LogP contribution < -0.4 is 0 Å². The third kappa shape index (κ3) is 2.56. The molecule has 2 heterocycles. The van der Waals surface area contributed by atoms with Crippen LogP contribution in [0.15, 0.2) is 30.3 Å². The maximum atomic E-state index is 10.4. The van der Waals surface area contributed by atoms with Gasteiger partial charge in [-0.15, -0.1) is 0 Å². The van der Waals surface area contributed by atoms with Crippen LogP contribution in [-0.2, 0) is 29.7 Å². The van der Waals surface area contributed by atoms with Gasteiger partial charge in [-0.25, -0.2) is 0 Å². The van der Waals surface area contributed by atoms with Crippen LogP contribution >= 0.6 is 0 Å². The molecule has 1 aromatic rings. The molecule has 0 saturated carbocycles. The molecule has 3 rings (SSSR count). The zero-order chi connectivity index (χ0) is 15.7. The number of benzene rings is 1. The summed E-state index contributed by atoms with van der Waals surface area (Å²) in [4.78, 5) is 0. The normalized spacial score (nSPS) is 41.4. The lowest BCUT2D eigenvalue weighted by atomic mass is 10.0. The summed E-state index contributed by atoms with van der Waals surface area (Å²) in [6, 6.07) is 9.43. The molecule has 2 aliphatic heterocycles. The Morgan fingerprint density at radius 2 is 1.86 bits per heavy atom. The Labute approximate surface area is 129 Å². The SMILES string of the molecule is CCOC1(c2ccccc2)O[C@@H]2[C@H](O1)[C@H](C)OC(OC)[C@H]2O. The van der Waals surface area contributed by atoms with Crippen LogP contribution in [0.5, 0.6) is 0 Å². The van der Waals surface area contributed by atoms with Crippen LogP contribution in [0, 0.1) is 0 Å². The van der Waals surface area contributed by atoms with Crippen molar-refractivity contribution in [2.75, 3.05) is 13.7 Å². The molecule has 2 unspecified atom stereocenters. The van der Waals surface area contributed by atoms with Crippen molar-refractivity contribution in [3.05, 3.63) is 35.9 Å². The lowest BCUT2D eigenvalue weighted by Crippen LogP contribution is -2.55. The van der Waals surface area contributed by atoms with Crippen LogP contribution in [-0.4, -0.2) is 49.5 Å². The van der Waals surface area contributed by atoms with E-state index in [4.69, 9.17) is 23.7 Å². The van der Waals surface area contributed by atoms with Gasteiger partial charge in [0.05, 0.1) is 6.10 Å². The second-order valence-corrected chi connectivity index (χ2v) is 5.46. The standard InChI is InChI=1S/C16H22O6/c1-4-19-16(11-8-6-5-7-9-11)21-13-10(2)20-15(18-3)12(17)14(13)22-16/h5-10,12-15,17H,4H2,1-3H3/t10-,12-,13+,14-,15?,16?/m0/s1. The van der Waals surface area contributed by atoms with Gasteiger partial charge in [-0.05, 0) is 13.8 Å². The van der Waals surface area contributed by atoms with E-state index in [9.17, 15) is 5.11 Å². The first kappa shape index (κ1) is 15.9. The third-order valence-corrected chi connectivity index (χ3v) is 4.03. The van der Waals surface area contributed by atoms with Crippen molar-refractivity contribution in [2.45, 2.75) is 50.5 Å². The minimum Gasteiger partial charge on any atom is -0.385 e. The monoisotopic (exact) mass is 310 g/mol. The van der Waals surface area contributed by atoms with Crippen molar-refractivity contribution in [2.24, 2.45) is 0 Å². The van der Waals surface area contributed by atoms with Crippen LogP contribution in [0.3, 0.4) is 0 Å². The zero-order valence-corrected chi connectivity index (χ0v) is 13.0. The molecule has 2 saturated heterocycles. The van der Waals surface area contributed by atoms with Gasteiger partial charge < -0.3 is 28.8 Å². The van der Waals surface area contributed by atoms with Crippen molar-refractivity contribution < 1.29 is 28.8 Å². The Kier molecular flexibility index (Phi) is 4.49. The fourth-order valence-corrected chi connectivity index (χ4v) is 2.99. The minimum atomic E-state index is -1.33. The van der Waals surface area contributed by atoms with E-state index < -0.39 is 30.6 Å². The first-order chi connectivity index (χ1) is 10.6. The Hall–Kier alpha value is -1.02. The lowest BCUT2D eigenvalue weighted by molar-refractivity contribution is -0.355. The fraction of sp³-hybridized carbons (Fsp3) is 0.625. The van der Waals surface area contributed by atoms with E-state index in [2.05, 4.69) is 0 Å². The highest BCUT2D eigenvalue weighted by molar-refractivity contribution is 5.20. The van der Waals surface area contributed by atoms with E-state index >= 15 is 0 Å². The molecule has 1 aromatic carbocycles. The van der Waals surface area contributed by atoms with Crippen LogP contribution in [0.4, 0.5) is 0 Å². The number of methoxy groups -OCH3 is 1. The third-order valence-electron chi connectivity index (χ3n) is 4.03. The average Bonchev–Trinajstić information content (AvgIpc) is 2.94. The van der Waals surface area contributed by atoms with Crippen molar-refractivity contribution in [3.63, 3.8) is 0 Å². The van der Waals surface area contributed by atoms with Gasteiger partial charge in [-0.3, -0.25) is 0 Å². The maximum absolute atomic E-state index is 10.4. The lowest BCUT2D eigenvalue weighted by Gasteiger charge is -2.37.